The Balaban J connectivity index is 1.88. The molecular formula is C17H20N2O2S. The van der Waals surface area contributed by atoms with E-state index >= 15 is 0 Å². The molecule has 3 rings (SSSR count). The summed E-state index contributed by atoms with van der Waals surface area (Å²) >= 11 is 1.75. The topological polar surface area (TPSA) is 51.2 Å². The van der Waals surface area contributed by atoms with Crippen LogP contribution in [0.2, 0.25) is 0 Å². The molecule has 0 spiro atoms. The number of ether oxygens (including phenoxy) is 1. The van der Waals surface area contributed by atoms with Crippen molar-refractivity contribution in [2.24, 2.45) is 0 Å². The number of aromatic nitrogens is 1. The average Bonchev–Trinajstić information content (AvgIpc) is 2.67. The third-order valence-electron chi connectivity index (χ3n) is 3.75. The highest BCUT2D eigenvalue weighted by molar-refractivity contribution is 8.02. The van der Waals surface area contributed by atoms with Crippen LogP contribution in [0.3, 0.4) is 0 Å². The van der Waals surface area contributed by atoms with Crippen LogP contribution in [0.5, 0.6) is 5.75 Å². The first kappa shape index (κ1) is 15.3. The number of fused-ring (bicyclic) bond motifs is 1. The number of pyridine rings is 1. The first-order chi connectivity index (χ1) is 10.3. The van der Waals surface area contributed by atoms with E-state index in [1.165, 1.54) is 0 Å². The number of carbonyl (C=O) groups is 1. The highest BCUT2D eigenvalue weighted by Crippen LogP contribution is 2.44. The average molecular weight is 316 g/mol. The molecule has 0 radical (unpaired) electrons. The molecule has 0 aliphatic carbocycles. The lowest BCUT2D eigenvalue weighted by Crippen LogP contribution is -2.48. The molecule has 1 atom stereocenters. The van der Waals surface area contributed by atoms with E-state index in [1.54, 1.807) is 24.0 Å². The first-order valence-corrected chi connectivity index (χ1v) is 8.13. The zero-order valence-electron chi connectivity index (χ0n) is 13.2. The summed E-state index contributed by atoms with van der Waals surface area (Å²) in [6, 6.07) is 9.08. The van der Waals surface area contributed by atoms with Crippen LogP contribution >= 0.6 is 11.8 Å². The molecule has 116 valence electrons. The molecule has 0 saturated carbocycles. The number of nitrogens with zero attached hydrogens (tertiary/aromatic N) is 1. The Morgan fingerprint density at radius 2 is 1.95 bits per heavy atom. The number of carbonyl (C=O) groups excluding carboxylic acids is 1. The van der Waals surface area contributed by atoms with Crippen molar-refractivity contribution < 1.29 is 9.53 Å². The van der Waals surface area contributed by atoms with Gasteiger partial charge in [-0.05, 0) is 39.8 Å². The number of benzene rings is 1. The molecule has 2 aromatic rings. The molecule has 0 bridgehead atoms. The lowest BCUT2D eigenvalue weighted by molar-refractivity contribution is -0.137. The lowest BCUT2D eigenvalue weighted by atomic mass is 10.0. The van der Waals surface area contributed by atoms with Crippen LogP contribution < -0.4 is 10.1 Å². The summed E-state index contributed by atoms with van der Waals surface area (Å²) in [5, 5.41) is 4.32. The van der Waals surface area contributed by atoms with Crippen LogP contribution in [0.25, 0.3) is 10.9 Å². The summed E-state index contributed by atoms with van der Waals surface area (Å²) in [7, 11) is 0. The minimum Gasteiger partial charge on any atom is -0.423 e. The van der Waals surface area contributed by atoms with E-state index in [1.807, 2.05) is 24.3 Å². The SMILES string of the molecule is CC1(C)NC(C(=O)Oc2cccc3cccnc23)C(C)(C)S1. The number of para-hydroxylation sites is 1. The van der Waals surface area contributed by atoms with Crippen LogP contribution in [-0.2, 0) is 4.79 Å². The normalized spacial score (nSPS) is 22.6. The van der Waals surface area contributed by atoms with Crippen molar-refractivity contribution >= 4 is 28.6 Å². The highest BCUT2D eigenvalue weighted by atomic mass is 32.2. The van der Waals surface area contributed by atoms with E-state index in [2.05, 4.69) is 38.0 Å². The number of hydrogen-bond donors (Lipinski definition) is 1. The fourth-order valence-corrected chi connectivity index (χ4v) is 4.70. The number of esters is 1. The third kappa shape index (κ3) is 2.83. The summed E-state index contributed by atoms with van der Waals surface area (Å²) in [4.78, 5) is 16.8. The Labute approximate surface area is 134 Å². The largest absolute Gasteiger partial charge is 0.423 e. The van der Waals surface area contributed by atoms with E-state index in [0.29, 0.717) is 11.3 Å². The molecule has 1 aromatic heterocycles. The second kappa shape index (κ2) is 5.25. The summed E-state index contributed by atoms with van der Waals surface area (Å²) in [6.45, 7) is 8.28. The van der Waals surface area contributed by atoms with Gasteiger partial charge in [-0.3, -0.25) is 10.3 Å². The molecule has 2 heterocycles. The molecule has 1 fully saturated rings. The van der Waals surface area contributed by atoms with E-state index in [-0.39, 0.29) is 21.6 Å². The van der Waals surface area contributed by atoms with E-state index < -0.39 is 0 Å². The standard InChI is InChI=1S/C17H20N2O2S/c1-16(2)14(19-17(3,4)22-16)15(20)21-12-9-5-7-11-8-6-10-18-13(11)12/h5-10,14,19H,1-4H3. The minimum absolute atomic E-state index is 0.149. The van der Waals surface area contributed by atoms with Gasteiger partial charge in [0.05, 0.1) is 4.87 Å². The molecule has 1 unspecified atom stereocenters. The number of rotatable bonds is 2. The lowest BCUT2D eigenvalue weighted by Gasteiger charge is -2.23. The first-order valence-electron chi connectivity index (χ1n) is 7.32. The third-order valence-corrected chi connectivity index (χ3v) is 5.14. The van der Waals surface area contributed by atoms with Crippen LogP contribution in [0.4, 0.5) is 0 Å². The van der Waals surface area contributed by atoms with Crippen molar-refractivity contribution in [3.05, 3.63) is 36.5 Å². The van der Waals surface area contributed by atoms with Crippen LogP contribution in [-0.4, -0.2) is 26.6 Å². The van der Waals surface area contributed by atoms with E-state index in [0.717, 1.165) is 5.39 Å². The van der Waals surface area contributed by atoms with Crippen molar-refractivity contribution in [1.29, 1.82) is 0 Å². The fourth-order valence-electron chi connectivity index (χ4n) is 2.94. The molecule has 22 heavy (non-hydrogen) atoms. The monoisotopic (exact) mass is 316 g/mol. The van der Waals surface area contributed by atoms with Crippen molar-refractivity contribution in [1.82, 2.24) is 10.3 Å². The van der Waals surface area contributed by atoms with Crippen molar-refractivity contribution in [2.45, 2.75) is 43.4 Å². The molecule has 4 nitrogen and oxygen atoms in total. The molecule has 1 saturated heterocycles. The molecule has 1 aromatic carbocycles. The second-order valence-electron chi connectivity index (χ2n) is 6.55. The van der Waals surface area contributed by atoms with Crippen molar-refractivity contribution in [2.75, 3.05) is 0 Å². The molecule has 1 N–H and O–H groups in total. The molecule has 5 heteroatoms. The van der Waals surface area contributed by atoms with E-state index in [4.69, 9.17) is 4.74 Å². The maximum Gasteiger partial charge on any atom is 0.330 e. The number of hydrogen-bond acceptors (Lipinski definition) is 5. The summed E-state index contributed by atoms with van der Waals surface area (Å²) in [5.41, 5.74) is 0.709. The van der Waals surface area contributed by atoms with Crippen LogP contribution in [0, 0.1) is 0 Å². The second-order valence-corrected chi connectivity index (χ2v) is 8.82. The van der Waals surface area contributed by atoms with Crippen LogP contribution in [0.1, 0.15) is 27.7 Å². The van der Waals surface area contributed by atoms with Gasteiger partial charge in [-0.1, -0.05) is 18.2 Å². The van der Waals surface area contributed by atoms with E-state index in [9.17, 15) is 4.79 Å². The summed E-state index contributed by atoms with van der Waals surface area (Å²) in [5.74, 6) is 0.247. The van der Waals surface area contributed by atoms with Crippen LogP contribution in [0.15, 0.2) is 36.5 Å². The predicted octanol–water partition coefficient (Wildman–Crippen LogP) is 3.36. The number of thioether (sulfide) groups is 1. The van der Waals surface area contributed by atoms with Gasteiger partial charge in [0.15, 0.2) is 5.75 Å². The van der Waals surface area contributed by atoms with Gasteiger partial charge in [0.1, 0.15) is 11.6 Å². The number of nitrogens with one attached hydrogen (secondary N) is 1. The van der Waals surface area contributed by atoms with Crippen molar-refractivity contribution in [3.8, 4) is 5.75 Å². The minimum atomic E-state index is -0.355. The quantitative estimate of drug-likeness (QED) is 0.680. The Morgan fingerprint density at radius 1 is 1.23 bits per heavy atom. The van der Waals surface area contributed by atoms with Gasteiger partial charge < -0.3 is 4.74 Å². The summed E-state index contributed by atoms with van der Waals surface area (Å²) in [6.07, 6.45) is 1.70. The molecule has 0 amide bonds. The Bertz CT molecular complexity index is 722. The summed E-state index contributed by atoms with van der Waals surface area (Å²) < 4.78 is 5.44. The molecule has 1 aliphatic rings. The van der Waals surface area contributed by atoms with Gasteiger partial charge in [-0.2, -0.15) is 0 Å². The van der Waals surface area contributed by atoms with Crippen molar-refractivity contribution in [3.63, 3.8) is 0 Å². The molecule has 1 aliphatic heterocycles. The Morgan fingerprint density at radius 3 is 2.64 bits per heavy atom. The Hall–Kier alpha value is -1.59. The maximum atomic E-state index is 12.6. The molecular weight excluding hydrogens is 296 g/mol. The smallest absolute Gasteiger partial charge is 0.330 e. The van der Waals surface area contributed by atoms with Gasteiger partial charge in [-0.25, -0.2) is 4.79 Å². The zero-order valence-corrected chi connectivity index (χ0v) is 14.0. The van der Waals surface area contributed by atoms with Gasteiger partial charge >= 0.3 is 5.97 Å². The van der Waals surface area contributed by atoms with Gasteiger partial charge in [0, 0.05) is 16.3 Å². The van der Waals surface area contributed by atoms with Gasteiger partial charge in [-0.15, -0.1) is 11.8 Å². The van der Waals surface area contributed by atoms with Gasteiger partial charge in [0.2, 0.25) is 0 Å². The van der Waals surface area contributed by atoms with Gasteiger partial charge in [0.25, 0.3) is 0 Å². The predicted molar refractivity (Wildman–Crippen MR) is 90.1 cm³/mol. The highest BCUT2D eigenvalue weighted by Gasteiger charge is 2.49. The fraction of sp³-hybridized carbons (Fsp3) is 0.412. The maximum absolute atomic E-state index is 12.6. The zero-order chi connectivity index (χ0) is 16.0. The Kier molecular flexibility index (Phi) is 3.65.